The number of hydrogen-bond acceptors (Lipinski definition) is 5. The fourth-order valence-electron chi connectivity index (χ4n) is 3.81. The van der Waals surface area contributed by atoms with Crippen molar-refractivity contribution in [1.82, 2.24) is 14.8 Å². The Morgan fingerprint density at radius 1 is 1.33 bits per heavy atom. The SMILES string of the molecule is COc1ccc(C(C)CC(=O)COc2cc(C)c3c(C4CC4)nn(C)c3n2)cc1F. The normalized spacial score (nSPS) is 14.7. The van der Waals surface area contributed by atoms with Crippen LogP contribution in [0.4, 0.5) is 4.39 Å². The number of aryl methyl sites for hydroxylation is 2. The number of benzene rings is 1. The predicted octanol–water partition coefficient (Wildman–Crippen LogP) is 4.44. The van der Waals surface area contributed by atoms with Gasteiger partial charge in [-0.15, -0.1) is 0 Å². The summed E-state index contributed by atoms with van der Waals surface area (Å²) in [6.45, 7) is 3.84. The fraction of sp³-hybridized carbons (Fsp3) is 0.435. The van der Waals surface area contributed by atoms with Gasteiger partial charge in [-0.25, -0.2) is 4.39 Å². The molecular weight excluding hydrogens is 385 g/mol. The van der Waals surface area contributed by atoms with E-state index in [1.54, 1.807) is 16.8 Å². The van der Waals surface area contributed by atoms with Crippen molar-refractivity contribution in [2.45, 2.75) is 44.9 Å². The van der Waals surface area contributed by atoms with E-state index in [9.17, 15) is 9.18 Å². The lowest BCUT2D eigenvalue weighted by molar-refractivity contribution is -0.121. The first kappa shape index (κ1) is 20.3. The van der Waals surface area contributed by atoms with Gasteiger partial charge in [0.1, 0.15) is 6.61 Å². The van der Waals surface area contributed by atoms with Crippen LogP contribution < -0.4 is 9.47 Å². The second-order valence-electron chi connectivity index (χ2n) is 8.09. The molecule has 1 aliphatic rings. The molecule has 1 atom stereocenters. The van der Waals surface area contributed by atoms with Crippen molar-refractivity contribution in [2.75, 3.05) is 13.7 Å². The molecule has 158 valence electrons. The largest absolute Gasteiger partial charge is 0.494 e. The van der Waals surface area contributed by atoms with Crippen molar-refractivity contribution in [3.8, 4) is 11.6 Å². The monoisotopic (exact) mass is 411 g/mol. The molecular formula is C23H26FN3O3. The van der Waals surface area contributed by atoms with Crippen LogP contribution in [-0.2, 0) is 11.8 Å². The topological polar surface area (TPSA) is 66.2 Å². The molecule has 0 bridgehead atoms. The number of ketones is 1. The summed E-state index contributed by atoms with van der Waals surface area (Å²) in [7, 11) is 3.30. The van der Waals surface area contributed by atoms with E-state index in [-0.39, 0.29) is 30.5 Å². The van der Waals surface area contributed by atoms with Crippen molar-refractivity contribution in [2.24, 2.45) is 7.05 Å². The van der Waals surface area contributed by atoms with E-state index in [4.69, 9.17) is 9.47 Å². The first-order valence-corrected chi connectivity index (χ1v) is 10.2. The number of halogens is 1. The third-order valence-corrected chi connectivity index (χ3v) is 5.62. The van der Waals surface area contributed by atoms with Crippen LogP contribution in [-0.4, -0.2) is 34.3 Å². The minimum absolute atomic E-state index is 0.0676. The summed E-state index contributed by atoms with van der Waals surface area (Å²) in [6, 6.07) is 6.63. The van der Waals surface area contributed by atoms with Gasteiger partial charge in [0.05, 0.1) is 12.8 Å². The van der Waals surface area contributed by atoms with Crippen LogP contribution in [0, 0.1) is 12.7 Å². The predicted molar refractivity (Wildman–Crippen MR) is 112 cm³/mol. The molecule has 0 spiro atoms. The molecule has 1 saturated carbocycles. The van der Waals surface area contributed by atoms with Crippen LogP contribution in [0.1, 0.15) is 54.8 Å². The Labute approximate surface area is 175 Å². The number of aromatic nitrogens is 3. The van der Waals surface area contributed by atoms with Gasteiger partial charge in [0, 0.05) is 30.8 Å². The summed E-state index contributed by atoms with van der Waals surface area (Å²) in [5.74, 6) is 0.519. The summed E-state index contributed by atoms with van der Waals surface area (Å²) in [5.41, 5.74) is 3.70. The molecule has 3 aromatic rings. The molecule has 30 heavy (non-hydrogen) atoms. The van der Waals surface area contributed by atoms with Crippen LogP contribution >= 0.6 is 0 Å². The van der Waals surface area contributed by atoms with E-state index in [0.717, 1.165) is 27.9 Å². The van der Waals surface area contributed by atoms with Crippen LogP contribution in [0.5, 0.6) is 11.6 Å². The van der Waals surface area contributed by atoms with Gasteiger partial charge < -0.3 is 9.47 Å². The summed E-state index contributed by atoms with van der Waals surface area (Å²) in [4.78, 5) is 17.0. The zero-order chi connectivity index (χ0) is 21.4. The lowest BCUT2D eigenvalue weighted by atomic mass is 9.95. The van der Waals surface area contributed by atoms with Crippen molar-refractivity contribution in [3.63, 3.8) is 0 Å². The summed E-state index contributed by atoms with van der Waals surface area (Å²) >= 11 is 0. The Bertz CT molecular complexity index is 1100. The summed E-state index contributed by atoms with van der Waals surface area (Å²) < 4.78 is 26.3. The number of carbonyl (C=O) groups excluding carboxylic acids is 1. The van der Waals surface area contributed by atoms with Crippen molar-refractivity contribution in [3.05, 3.63) is 46.9 Å². The molecule has 2 aromatic heterocycles. The second kappa shape index (κ2) is 8.05. The van der Waals surface area contributed by atoms with E-state index >= 15 is 0 Å². The molecule has 0 aliphatic heterocycles. The lowest BCUT2D eigenvalue weighted by Gasteiger charge is -2.13. The highest BCUT2D eigenvalue weighted by Crippen LogP contribution is 2.43. The zero-order valence-corrected chi connectivity index (χ0v) is 17.7. The van der Waals surface area contributed by atoms with E-state index in [2.05, 4.69) is 10.1 Å². The Hall–Kier alpha value is -2.96. The van der Waals surface area contributed by atoms with Crippen LogP contribution in [0.3, 0.4) is 0 Å². The smallest absolute Gasteiger partial charge is 0.215 e. The van der Waals surface area contributed by atoms with Crippen LogP contribution in [0.25, 0.3) is 11.0 Å². The second-order valence-corrected chi connectivity index (χ2v) is 8.09. The van der Waals surface area contributed by atoms with Crippen molar-refractivity contribution >= 4 is 16.8 Å². The number of pyridine rings is 1. The van der Waals surface area contributed by atoms with Gasteiger partial charge in [0.15, 0.2) is 23.0 Å². The Morgan fingerprint density at radius 2 is 2.10 bits per heavy atom. The molecule has 1 unspecified atom stereocenters. The molecule has 2 heterocycles. The third-order valence-electron chi connectivity index (χ3n) is 5.62. The number of nitrogens with zero attached hydrogens (tertiary/aromatic N) is 3. The summed E-state index contributed by atoms with van der Waals surface area (Å²) in [6.07, 6.45) is 2.60. The first-order valence-electron chi connectivity index (χ1n) is 10.2. The Kier molecular flexibility index (Phi) is 5.45. The highest BCUT2D eigenvalue weighted by Gasteiger charge is 2.30. The quantitative estimate of drug-likeness (QED) is 0.548. The number of fused-ring (bicyclic) bond motifs is 1. The molecule has 1 aliphatic carbocycles. The van der Waals surface area contributed by atoms with E-state index < -0.39 is 5.82 Å². The molecule has 0 saturated heterocycles. The van der Waals surface area contributed by atoms with Gasteiger partial charge in [-0.1, -0.05) is 13.0 Å². The highest BCUT2D eigenvalue weighted by molar-refractivity contribution is 5.84. The third kappa shape index (κ3) is 4.01. The molecule has 0 N–H and O–H groups in total. The fourth-order valence-corrected chi connectivity index (χ4v) is 3.81. The average Bonchev–Trinajstić information content (AvgIpc) is 3.50. The maximum absolute atomic E-state index is 13.9. The van der Waals surface area contributed by atoms with Gasteiger partial charge in [0.2, 0.25) is 5.88 Å². The number of rotatable bonds is 8. The standard InChI is InChI=1S/C23H26FN3O3/c1-13(16-7-8-19(29-4)18(24)11-16)9-17(28)12-30-20-10-14(2)21-22(15-5-6-15)26-27(3)23(21)25-20/h7-8,10-11,13,15H,5-6,9,12H2,1-4H3. The van der Waals surface area contributed by atoms with Gasteiger partial charge >= 0.3 is 0 Å². The van der Waals surface area contributed by atoms with Crippen molar-refractivity contribution in [1.29, 1.82) is 0 Å². The van der Waals surface area contributed by atoms with Crippen LogP contribution in [0.15, 0.2) is 24.3 Å². The number of ether oxygens (including phenoxy) is 2. The minimum atomic E-state index is -0.430. The minimum Gasteiger partial charge on any atom is -0.494 e. The maximum Gasteiger partial charge on any atom is 0.215 e. The number of methoxy groups -OCH3 is 1. The molecule has 4 rings (SSSR count). The molecule has 6 nitrogen and oxygen atoms in total. The molecule has 0 radical (unpaired) electrons. The summed E-state index contributed by atoms with van der Waals surface area (Å²) in [5, 5.41) is 5.72. The molecule has 0 amide bonds. The van der Waals surface area contributed by atoms with Gasteiger partial charge in [0.25, 0.3) is 0 Å². The zero-order valence-electron chi connectivity index (χ0n) is 17.7. The Balaban J connectivity index is 1.41. The van der Waals surface area contributed by atoms with E-state index in [1.165, 1.54) is 26.0 Å². The van der Waals surface area contributed by atoms with Crippen LogP contribution in [0.2, 0.25) is 0 Å². The lowest BCUT2D eigenvalue weighted by Crippen LogP contribution is -2.14. The highest BCUT2D eigenvalue weighted by atomic mass is 19.1. The first-order chi connectivity index (χ1) is 14.4. The molecule has 7 heteroatoms. The van der Waals surface area contributed by atoms with E-state index in [1.807, 2.05) is 27.0 Å². The van der Waals surface area contributed by atoms with Gasteiger partial charge in [-0.2, -0.15) is 10.1 Å². The van der Waals surface area contributed by atoms with Gasteiger partial charge in [-0.3, -0.25) is 9.48 Å². The molecule has 1 fully saturated rings. The molecule has 1 aromatic carbocycles. The van der Waals surface area contributed by atoms with Crippen molar-refractivity contribution < 1.29 is 18.7 Å². The maximum atomic E-state index is 13.9. The number of carbonyl (C=O) groups is 1. The number of hydrogen-bond donors (Lipinski definition) is 0. The average molecular weight is 411 g/mol. The van der Waals surface area contributed by atoms with E-state index in [0.29, 0.717) is 11.8 Å². The Morgan fingerprint density at radius 3 is 2.77 bits per heavy atom. The number of Topliss-reactive ketones (excluding diaryl/α,β-unsaturated/α-hetero) is 1. The van der Waals surface area contributed by atoms with Gasteiger partial charge in [-0.05, 0) is 48.9 Å².